The van der Waals surface area contributed by atoms with E-state index in [4.69, 9.17) is 0 Å². The minimum atomic E-state index is 0.0329. The van der Waals surface area contributed by atoms with Gasteiger partial charge in [-0.25, -0.2) is 0 Å². The normalized spacial score (nSPS) is 16.8. The Hall–Kier alpha value is -1.58. The Bertz CT molecular complexity index is 357. The van der Waals surface area contributed by atoms with Crippen molar-refractivity contribution in [2.75, 3.05) is 13.1 Å². The van der Waals surface area contributed by atoms with Crippen molar-refractivity contribution >= 4 is 11.7 Å². The maximum absolute atomic E-state index is 11.8. The van der Waals surface area contributed by atoms with E-state index in [0.717, 1.165) is 12.1 Å². The number of aromatic nitrogens is 1. The van der Waals surface area contributed by atoms with Gasteiger partial charge in [0.05, 0.1) is 13.0 Å². The number of likely N-dealkylation sites (tertiary alicyclic amines) is 1. The first-order valence-corrected chi connectivity index (χ1v) is 5.17. The molecule has 1 aliphatic heterocycles. The van der Waals surface area contributed by atoms with Gasteiger partial charge in [0.25, 0.3) is 0 Å². The van der Waals surface area contributed by atoms with Gasteiger partial charge in [0.1, 0.15) is 0 Å². The number of hydrogen-bond acceptors (Lipinski definition) is 2. The van der Waals surface area contributed by atoms with Crippen LogP contribution >= 0.6 is 0 Å². The average Bonchev–Trinajstić information content (AvgIpc) is 2.70. The lowest BCUT2D eigenvalue weighted by Gasteiger charge is -2.25. The first-order chi connectivity index (χ1) is 7.25. The van der Waals surface area contributed by atoms with E-state index in [2.05, 4.69) is 4.98 Å². The molecular formula is C11H14N2O2. The van der Waals surface area contributed by atoms with Crippen molar-refractivity contribution in [3.63, 3.8) is 0 Å². The summed E-state index contributed by atoms with van der Waals surface area (Å²) >= 11 is 0. The van der Waals surface area contributed by atoms with Crippen LogP contribution in [-0.4, -0.2) is 34.7 Å². The number of piperidine rings is 1. The lowest BCUT2D eigenvalue weighted by Crippen LogP contribution is -2.40. The molecule has 15 heavy (non-hydrogen) atoms. The van der Waals surface area contributed by atoms with Crippen molar-refractivity contribution in [3.8, 4) is 0 Å². The number of hydrogen-bond donors (Lipinski definition) is 1. The predicted octanol–water partition coefficient (Wildman–Crippen LogP) is 0.749. The van der Waals surface area contributed by atoms with Crippen LogP contribution in [0.5, 0.6) is 0 Å². The molecule has 4 heteroatoms. The number of carbonyl (C=O) groups is 2. The van der Waals surface area contributed by atoms with Crippen LogP contribution < -0.4 is 0 Å². The number of nitrogens with zero attached hydrogens (tertiary/aromatic N) is 1. The Labute approximate surface area is 88.3 Å². The van der Waals surface area contributed by atoms with Gasteiger partial charge in [0.2, 0.25) is 5.91 Å². The topological polar surface area (TPSA) is 53.2 Å². The number of Topliss-reactive ketones (excluding diaryl/α,β-unsaturated/α-hetero) is 1. The molecular weight excluding hydrogens is 192 g/mol. The van der Waals surface area contributed by atoms with Crippen LogP contribution in [0.1, 0.15) is 18.5 Å². The van der Waals surface area contributed by atoms with Crippen LogP contribution in [0.15, 0.2) is 18.3 Å². The molecule has 1 fully saturated rings. The highest BCUT2D eigenvalue weighted by Crippen LogP contribution is 2.08. The van der Waals surface area contributed by atoms with Gasteiger partial charge in [0, 0.05) is 24.9 Å². The Balaban J connectivity index is 1.93. The molecule has 1 saturated heterocycles. The van der Waals surface area contributed by atoms with Gasteiger partial charge >= 0.3 is 0 Å². The molecule has 1 N–H and O–H groups in total. The molecule has 1 aromatic heterocycles. The van der Waals surface area contributed by atoms with Gasteiger partial charge in [-0.3, -0.25) is 9.59 Å². The zero-order valence-corrected chi connectivity index (χ0v) is 8.53. The second-order valence-electron chi connectivity index (χ2n) is 3.83. The zero-order valence-electron chi connectivity index (χ0n) is 8.53. The van der Waals surface area contributed by atoms with Crippen LogP contribution in [-0.2, 0) is 16.0 Å². The molecule has 0 spiro atoms. The highest BCUT2D eigenvalue weighted by atomic mass is 16.2. The van der Waals surface area contributed by atoms with Crippen LogP contribution in [0.3, 0.4) is 0 Å². The maximum Gasteiger partial charge on any atom is 0.228 e. The maximum atomic E-state index is 11.8. The van der Waals surface area contributed by atoms with Gasteiger partial charge in [0.15, 0.2) is 5.78 Å². The van der Waals surface area contributed by atoms with Crippen molar-refractivity contribution in [2.24, 2.45) is 0 Å². The number of H-pyrrole nitrogens is 1. The largest absolute Gasteiger partial charge is 0.365 e. The van der Waals surface area contributed by atoms with E-state index in [-0.39, 0.29) is 11.7 Å². The number of aromatic amines is 1. The van der Waals surface area contributed by atoms with Crippen molar-refractivity contribution in [3.05, 3.63) is 24.0 Å². The first-order valence-electron chi connectivity index (χ1n) is 5.17. The van der Waals surface area contributed by atoms with Crippen molar-refractivity contribution in [2.45, 2.75) is 19.3 Å². The van der Waals surface area contributed by atoms with Gasteiger partial charge in [-0.15, -0.1) is 0 Å². The number of carbonyl (C=O) groups excluding carboxylic acids is 2. The Morgan fingerprint density at radius 3 is 3.07 bits per heavy atom. The lowest BCUT2D eigenvalue weighted by molar-refractivity contribution is -0.137. The molecule has 0 aromatic carbocycles. The fourth-order valence-corrected chi connectivity index (χ4v) is 1.80. The molecule has 80 valence electrons. The number of rotatable bonds is 2. The third-order valence-electron chi connectivity index (χ3n) is 2.61. The second-order valence-corrected chi connectivity index (χ2v) is 3.83. The average molecular weight is 206 g/mol. The van der Waals surface area contributed by atoms with Crippen molar-refractivity contribution in [1.82, 2.24) is 9.88 Å². The molecule has 0 atom stereocenters. The van der Waals surface area contributed by atoms with Crippen LogP contribution in [0, 0.1) is 0 Å². The summed E-state index contributed by atoms with van der Waals surface area (Å²) in [5.74, 6) is 0.201. The van der Waals surface area contributed by atoms with Gasteiger partial charge < -0.3 is 9.88 Å². The fourth-order valence-electron chi connectivity index (χ4n) is 1.80. The molecule has 1 aromatic rings. The summed E-state index contributed by atoms with van der Waals surface area (Å²) in [5.41, 5.74) is 0.901. The number of amides is 1. The molecule has 1 amide bonds. The predicted molar refractivity (Wildman–Crippen MR) is 55.3 cm³/mol. The summed E-state index contributed by atoms with van der Waals surface area (Å²) in [6.45, 7) is 1.00. The molecule has 1 aliphatic rings. The summed E-state index contributed by atoms with van der Waals surface area (Å²) < 4.78 is 0. The fraction of sp³-hybridized carbons (Fsp3) is 0.455. The van der Waals surface area contributed by atoms with E-state index in [0.29, 0.717) is 25.9 Å². The molecule has 0 saturated carbocycles. The first kappa shape index (κ1) is 9.96. The highest BCUT2D eigenvalue weighted by Gasteiger charge is 2.21. The highest BCUT2D eigenvalue weighted by molar-refractivity contribution is 5.87. The Morgan fingerprint density at radius 2 is 2.40 bits per heavy atom. The molecule has 0 radical (unpaired) electrons. The number of ketones is 1. The van der Waals surface area contributed by atoms with E-state index in [1.54, 1.807) is 11.1 Å². The summed E-state index contributed by atoms with van der Waals surface area (Å²) in [7, 11) is 0. The van der Waals surface area contributed by atoms with Gasteiger partial charge in [-0.1, -0.05) is 0 Å². The molecule has 0 unspecified atom stereocenters. The van der Waals surface area contributed by atoms with Crippen LogP contribution in [0.25, 0.3) is 0 Å². The molecule has 0 aliphatic carbocycles. The van der Waals surface area contributed by atoms with Crippen LogP contribution in [0.4, 0.5) is 0 Å². The van der Waals surface area contributed by atoms with Crippen molar-refractivity contribution in [1.29, 1.82) is 0 Å². The quantitative estimate of drug-likeness (QED) is 0.776. The van der Waals surface area contributed by atoms with Crippen molar-refractivity contribution < 1.29 is 9.59 Å². The smallest absolute Gasteiger partial charge is 0.228 e. The third kappa shape index (κ3) is 2.46. The SMILES string of the molecule is O=C1CCCN(C(=O)Cc2ccc[nH]2)C1. The van der Waals surface area contributed by atoms with Gasteiger partial charge in [-0.05, 0) is 18.6 Å². The minimum absolute atomic E-state index is 0.0329. The van der Waals surface area contributed by atoms with Crippen LogP contribution in [0.2, 0.25) is 0 Å². The summed E-state index contributed by atoms with van der Waals surface area (Å²) in [5, 5.41) is 0. The lowest BCUT2D eigenvalue weighted by atomic mass is 10.1. The summed E-state index contributed by atoms with van der Waals surface area (Å²) in [6.07, 6.45) is 3.58. The molecule has 2 rings (SSSR count). The van der Waals surface area contributed by atoms with E-state index >= 15 is 0 Å². The minimum Gasteiger partial charge on any atom is -0.365 e. The zero-order chi connectivity index (χ0) is 10.7. The van der Waals surface area contributed by atoms with E-state index < -0.39 is 0 Å². The molecule has 2 heterocycles. The monoisotopic (exact) mass is 206 g/mol. The standard InChI is InChI=1S/C11H14N2O2/c14-10-4-2-6-13(8-10)11(15)7-9-3-1-5-12-9/h1,3,5,12H,2,4,6-8H2. The third-order valence-corrected chi connectivity index (χ3v) is 2.61. The second kappa shape index (κ2) is 4.29. The molecule has 0 bridgehead atoms. The van der Waals surface area contributed by atoms with E-state index in [9.17, 15) is 9.59 Å². The Morgan fingerprint density at radius 1 is 1.53 bits per heavy atom. The number of nitrogens with one attached hydrogen (secondary N) is 1. The summed E-state index contributed by atoms with van der Waals surface area (Å²) in [6, 6.07) is 3.74. The summed E-state index contributed by atoms with van der Waals surface area (Å²) in [4.78, 5) is 27.6. The molecule has 4 nitrogen and oxygen atoms in total. The van der Waals surface area contributed by atoms with E-state index in [1.807, 2.05) is 12.1 Å². The van der Waals surface area contributed by atoms with Gasteiger partial charge in [-0.2, -0.15) is 0 Å². The Kier molecular flexibility index (Phi) is 2.85. The van der Waals surface area contributed by atoms with E-state index in [1.165, 1.54) is 0 Å².